The second-order valence-corrected chi connectivity index (χ2v) is 4.77. The quantitative estimate of drug-likeness (QED) is 0.888. The molecule has 1 aliphatic heterocycles. The Morgan fingerprint density at radius 3 is 2.63 bits per heavy atom. The van der Waals surface area contributed by atoms with Crippen LogP contribution in [-0.2, 0) is 9.53 Å². The second kappa shape index (κ2) is 4.97. The van der Waals surface area contributed by atoms with Crippen LogP contribution in [0, 0.1) is 5.82 Å². The topological polar surface area (TPSA) is 66.8 Å². The summed E-state index contributed by atoms with van der Waals surface area (Å²) in [6, 6.07) is 5.76. The second-order valence-electron chi connectivity index (χ2n) is 4.77. The molecule has 1 fully saturated rings. The SMILES string of the molecule is CC1(OCC(=O)O)CN(C(=O)c2ccccc2F)C1. The maximum absolute atomic E-state index is 13.5. The van der Waals surface area contributed by atoms with Gasteiger partial charge in [-0.05, 0) is 19.1 Å². The number of ether oxygens (including phenoxy) is 1. The van der Waals surface area contributed by atoms with E-state index in [0.29, 0.717) is 0 Å². The van der Waals surface area contributed by atoms with Crippen molar-refractivity contribution in [1.29, 1.82) is 0 Å². The van der Waals surface area contributed by atoms with Crippen molar-refractivity contribution in [2.24, 2.45) is 0 Å². The third-order valence-electron chi connectivity index (χ3n) is 2.99. The number of amides is 1. The van der Waals surface area contributed by atoms with Gasteiger partial charge in [-0.25, -0.2) is 9.18 Å². The molecule has 19 heavy (non-hydrogen) atoms. The molecular weight excluding hydrogens is 253 g/mol. The summed E-state index contributed by atoms with van der Waals surface area (Å²) in [6.07, 6.45) is 0. The Balaban J connectivity index is 1.95. The third-order valence-corrected chi connectivity index (χ3v) is 2.99. The highest BCUT2D eigenvalue weighted by atomic mass is 19.1. The number of carboxylic acids is 1. The number of carbonyl (C=O) groups excluding carboxylic acids is 1. The predicted molar refractivity (Wildman–Crippen MR) is 64.3 cm³/mol. The molecule has 2 rings (SSSR count). The van der Waals surface area contributed by atoms with Crippen molar-refractivity contribution >= 4 is 11.9 Å². The number of benzene rings is 1. The van der Waals surface area contributed by atoms with Gasteiger partial charge in [-0.3, -0.25) is 4.79 Å². The number of hydrogen-bond acceptors (Lipinski definition) is 3. The maximum Gasteiger partial charge on any atom is 0.329 e. The monoisotopic (exact) mass is 267 g/mol. The van der Waals surface area contributed by atoms with Gasteiger partial charge in [-0.15, -0.1) is 0 Å². The minimum absolute atomic E-state index is 0.0165. The van der Waals surface area contributed by atoms with Crippen molar-refractivity contribution < 1.29 is 23.8 Å². The minimum atomic E-state index is -1.06. The smallest absolute Gasteiger partial charge is 0.329 e. The van der Waals surface area contributed by atoms with Crippen LogP contribution in [0.25, 0.3) is 0 Å². The highest BCUT2D eigenvalue weighted by Gasteiger charge is 2.43. The van der Waals surface area contributed by atoms with E-state index in [0.717, 1.165) is 0 Å². The highest BCUT2D eigenvalue weighted by Crippen LogP contribution is 2.26. The summed E-state index contributed by atoms with van der Waals surface area (Å²) in [5.74, 6) is -2.03. The molecule has 102 valence electrons. The Bertz CT molecular complexity index is 511. The lowest BCUT2D eigenvalue weighted by molar-refractivity contribution is -0.159. The van der Waals surface area contributed by atoms with Crippen molar-refractivity contribution in [3.05, 3.63) is 35.6 Å². The van der Waals surface area contributed by atoms with E-state index < -0.39 is 29.9 Å². The molecule has 0 saturated carbocycles. The minimum Gasteiger partial charge on any atom is -0.480 e. The first kappa shape index (κ1) is 13.5. The largest absolute Gasteiger partial charge is 0.480 e. The summed E-state index contributed by atoms with van der Waals surface area (Å²) in [5, 5.41) is 8.53. The van der Waals surface area contributed by atoms with Gasteiger partial charge in [0.1, 0.15) is 18.0 Å². The standard InChI is InChI=1S/C13H14FNO4/c1-13(19-6-11(16)17)7-15(8-13)12(18)9-4-2-3-5-10(9)14/h2-5H,6-8H2,1H3,(H,16,17). The van der Waals surface area contributed by atoms with Crippen LogP contribution in [0.4, 0.5) is 4.39 Å². The third kappa shape index (κ3) is 2.90. The van der Waals surface area contributed by atoms with Gasteiger partial charge in [0.05, 0.1) is 18.7 Å². The van der Waals surface area contributed by atoms with Gasteiger partial charge in [0.2, 0.25) is 0 Å². The van der Waals surface area contributed by atoms with Gasteiger partial charge in [0, 0.05) is 0 Å². The first-order chi connectivity index (χ1) is 8.91. The molecule has 0 radical (unpaired) electrons. The average Bonchev–Trinajstić information content (AvgIpc) is 2.33. The average molecular weight is 267 g/mol. The van der Waals surface area contributed by atoms with E-state index in [1.54, 1.807) is 13.0 Å². The molecule has 0 aliphatic carbocycles. The number of carbonyl (C=O) groups is 2. The molecule has 1 saturated heterocycles. The number of nitrogens with zero attached hydrogens (tertiary/aromatic N) is 1. The fourth-order valence-corrected chi connectivity index (χ4v) is 2.04. The molecule has 1 N–H and O–H groups in total. The van der Waals surface area contributed by atoms with Crippen LogP contribution in [-0.4, -0.2) is 47.2 Å². The first-order valence-electron chi connectivity index (χ1n) is 5.81. The van der Waals surface area contributed by atoms with Gasteiger partial charge in [0.25, 0.3) is 5.91 Å². The van der Waals surface area contributed by atoms with Gasteiger partial charge in [-0.1, -0.05) is 12.1 Å². The van der Waals surface area contributed by atoms with Gasteiger partial charge < -0.3 is 14.7 Å². The van der Waals surface area contributed by atoms with Crippen LogP contribution in [0.15, 0.2) is 24.3 Å². The molecule has 0 unspecified atom stereocenters. The van der Waals surface area contributed by atoms with Crippen LogP contribution in [0.3, 0.4) is 0 Å². The van der Waals surface area contributed by atoms with Crippen molar-refractivity contribution in [3.8, 4) is 0 Å². The summed E-state index contributed by atoms with van der Waals surface area (Å²) in [5.41, 5.74) is -0.651. The number of rotatable bonds is 4. The van der Waals surface area contributed by atoms with E-state index in [2.05, 4.69) is 0 Å². The van der Waals surface area contributed by atoms with Crippen LogP contribution >= 0.6 is 0 Å². The summed E-state index contributed by atoms with van der Waals surface area (Å²) < 4.78 is 18.6. The van der Waals surface area contributed by atoms with E-state index in [-0.39, 0.29) is 18.7 Å². The lowest BCUT2D eigenvalue weighted by Gasteiger charge is -2.47. The van der Waals surface area contributed by atoms with Crippen molar-refractivity contribution in [2.45, 2.75) is 12.5 Å². The summed E-state index contributed by atoms with van der Waals surface area (Å²) in [7, 11) is 0. The van der Waals surface area contributed by atoms with E-state index in [4.69, 9.17) is 9.84 Å². The molecular formula is C13H14FNO4. The number of halogens is 1. The number of likely N-dealkylation sites (tertiary alicyclic amines) is 1. The van der Waals surface area contributed by atoms with Crippen LogP contribution in [0.2, 0.25) is 0 Å². The maximum atomic E-state index is 13.5. The van der Waals surface area contributed by atoms with E-state index in [1.165, 1.54) is 23.1 Å². The summed E-state index contributed by atoms with van der Waals surface area (Å²) in [4.78, 5) is 23.8. The van der Waals surface area contributed by atoms with Crippen molar-refractivity contribution in [3.63, 3.8) is 0 Å². The zero-order valence-corrected chi connectivity index (χ0v) is 10.4. The predicted octanol–water partition coefficient (Wildman–Crippen LogP) is 1.14. The first-order valence-corrected chi connectivity index (χ1v) is 5.81. The molecule has 1 aliphatic rings. The zero-order chi connectivity index (χ0) is 14.0. The molecule has 1 heterocycles. The fraction of sp³-hybridized carbons (Fsp3) is 0.385. The lowest BCUT2D eigenvalue weighted by atomic mass is 9.95. The molecule has 1 aromatic carbocycles. The number of aliphatic carboxylic acids is 1. The number of carboxylic acid groups (broad SMARTS) is 1. The molecule has 0 bridgehead atoms. The van der Waals surface area contributed by atoms with E-state index in [9.17, 15) is 14.0 Å². The lowest BCUT2D eigenvalue weighted by Crippen LogP contribution is -2.63. The van der Waals surface area contributed by atoms with Gasteiger partial charge in [0.15, 0.2) is 0 Å². The van der Waals surface area contributed by atoms with Crippen LogP contribution < -0.4 is 0 Å². The molecule has 1 aromatic rings. The van der Waals surface area contributed by atoms with Crippen LogP contribution in [0.5, 0.6) is 0 Å². The molecule has 0 aromatic heterocycles. The van der Waals surface area contributed by atoms with Crippen LogP contribution in [0.1, 0.15) is 17.3 Å². The van der Waals surface area contributed by atoms with E-state index >= 15 is 0 Å². The molecule has 1 amide bonds. The molecule has 0 spiro atoms. The summed E-state index contributed by atoms with van der Waals surface area (Å²) in [6.45, 7) is 1.83. The Morgan fingerprint density at radius 2 is 2.05 bits per heavy atom. The zero-order valence-electron chi connectivity index (χ0n) is 10.4. The summed E-state index contributed by atoms with van der Waals surface area (Å²) >= 11 is 0. The molecule has 6 heteroatoms. The van der Waals surface area contributed by atoms with Crippen molar-refractivity contribution in [1.82, 2.24) is 4.90 Å². The van der Waals surface area contributed by atoms with E-state index in [1.807, 2.05) is 0 Å². The number of hydrogen-bond donors (Lipinski definition) is 1. The fourth-order valence-electron chi connectivity index (χ4n) is 2.04. The Kier molecular flexibility index (Phi) is 3.53. The van der Waals surface area contributed by atoms with Gasteiger partial charge >= 0.3 is 5.97 Å². The Hall–Kier alpha value is -1.95. The van der Waals surface area contributed by atoms with Crippen molar-refractivity contribution in [2.75, 3.05) is 19.7 Å². The van der Waals surface area contributed by atoms with Gasteiger partial charge in [-0.2, -0.15) is 0 Å². The Morgan fingerprint density at radius 1 is 1.42 bits per heavy atom. The normalized spacial score (nSPS) is 16.8. The molecule has 0 atom stereocenters. The highest BCUT2D eigenvalue weighted by molar-refractivity contribution is 5.95. The molecule has 5 nitrogen and oxygen atoms in total. The Labute approximate surface area is 109 Å².